The first-order valence-corrected chi connectivity index (χ1v) is 10.6. The van der Waals surface area contributed by atoms with Crippen LogP contribution < -0.4 is 10.9 Å². The highest BCUT2D eigenvalue weighted by molar-refractivity contribution is 7.16. The van der Waals surface area contributed by atoms with E-state index in [9.17, 15) is 14.4 Å². The van der Waals surface area contributed by atoms with Crippen molar-refractivity contribution in [1.82, 2.24) is 20.0 Å². The van der Waals surface area contributed by atoms with Gasteiger partial charge in [-0.2, -0.15) is 4.68 Å². The van der Waals surface area contributed by atoms with E-state index in [4.69, 9.17) is 4.74 Å². The zero-order valence-electron chi connectivity index (χ0n) is 17.3. The highest BCUT2D eigenvalue weighted by atomic mass is 32.1. The van der Waals surface area contributed by atoms with Gasteiger partial charge >= 0.3 is 5.97 Å². The molecule has 0 aliphatic rings. The van der Waals surface area contributed by atoms with Gasteiger partial charge in [0.05, 0.1) is 12.5 Å². The Hall–Kier alpha value is -3.92. The number of carbonyl (C=O) groups excluding carboxylic acids is 2. The Balaban J connectivity index is 1.59. The van der Waals surface area contributed by atoms with Crippen LogP contribution in [0.5, 0.6) is 0 Å². The van der Waals surface area contributed by atoms with Crippen LogP contribution in [0.1, 0.15) is 33.9 Å². The zero-order chi connectivity index (χ0) is 22.7. The Morgan fingerprint density at radius 3 is 2.59 bits per heavy atom. The van der Waals surface area contributed by atoms with Crippen LogP contribution in [-0.2, 0) is 16.0 Å². The Morgan fingerprint density at radius 2 is 1.84 bits per heavy atom. The normalized spacial score (nSPS) is 11.8. The number of rotatable bonds is 6. The summed E-state index contributed by atoms with van der Waals surface area (Å²) in [5.41, 5.74) is 1.17. The summed E-state index contributed by atoms with van der Waals surface area (Å²) in [6.45, 7) is 1.54. The lowest BCUT2D eigenvalue weighted by atomic mass is 10.1. The van der Waals surface area contributed by atoms with Crippen LogP contribution in [0.4, 0.5) is 5.13 Å². The molecule has 0 saturated carbocycles. The number of hydrogen-bond donors (Lipinski definition) is 1. The number of thiazole rings is 1. The lowest BCUT2D eigenvalue weighted by Crippen LogP contribution is -2.34. The molecule has 9 nitrogen and oxygen atoms in total. The van der Waals surface area contributed by atoms with Crippen molar-refractivity contribution in [3.8, 4) is 0 Å². The predicted octanol–water partition coefficient (Wildman–Crippen LogP) is 2.83. The number of amides is 1. The van der Waals surface area contributed by atoms with Crippen molar-refractivity contribution < 1.29 is 14.3 Å². The van der Waals surface area contributed by atoms with Gasteiger partial charge in [0.1, 0.15) is 11.6 Å². The molecule has 2 heterocycles. The number of carbonyl (C=O) groups is 2. The largest absolute Gasteiger partial charge is 0.464 e. The van der Waals surface area contributed by atoms with Crippen molar-refractivity contribution >= 4 is 39.2 Å². The fourth-order valence-corrected chi connectivity index (χ4v) is 4.13. The van der Waals surface area contributed by atoms with Crippen molar-refractivity contribution in [2.45, 2.75) is 19.4 Å². The maximum absolute atomic E-state index is 12.8. The van der Waals surface area contributed by atoms with Crippen LogP contribution in [0.25, 0.3) is 10.9 Å². The van der Waals surface area contributed by atoms with E-state index in [0.717, 1.165) is 10.2 Å². The third-order valence-corrected chi connectivity index (χ3v) is 5.82. The van der Waals surface area contributed by atoms with Gasteiger partial charge in [-0.15, -0.1) is 16.4 Å². The first-order chi connectivity index (χ1) is 15.5. The van der Waals surface area contributed by atoms with Crippen LogP contribution in [0.3, 0.4) is 0 Å². The number of hydrogen-bond acceptors (Lipinski definition) is 8. The third kappa shape index (κ3) is 4.26. The Labute approximate surface area is 186 Å². The second-order valence-electron chi connectivity index (χ2n) is 6.97. The lowest BCUT2D eigenvalue weighted by molar-refractivity contribution is -0.119. The minimum Gasteiger partial charge on any atom is -0.464 e. The summed E-state index contributed by atoms with van der Waals surface area (Å²) in [7, 11) is 1.28. The molecule has 0 bridgehead atoms. The fourth-order valence-electron chi connectivity index (χ4n) is 3.14. The molecule has 162 valence electrons. The summed E-state index contributed by atoms with van der Waals surface area (Å²) in [4.78, 5) is 42.7. The summed E-state index contributed by atoms with van der Waals surface area (Å²) >= 11 is 1.18. The molecule has 0 unspecified atom stereocenters. The SMILES string of the molecule is COC(=O)c1nc(NC(=O)[C@@H](C)n2nnc3ccccc3c2=O)sc1Cc1ccccc1. The molecular formula is C22H19N5O4S. The maximum atomic E-state index is 12.8. The molecule has 2 aromatic heterocycles. The fraction of sp³-hybridized carbons (Fsp3) is 0.182. The number of fused-ring (bicyclic) bond motifs is 1. The highest BCUT2D eigenvalue weighted by Gasteiger charge is 2.24. The molecule has 0 aliphatic heterocycles. The molecule has 0 spiro atoms. The average molecular weight is 449 g/mol. The van der Waals surface area contributed by atoms with Gasteiger partial charge < -0.3 is 10.1 Å². The Morgan fingerprint density at radius 1 is 1.12 bits per heavy atom. The highest BCUT2D eigenvalue weighted by Crippen LogP contribution is 2.27. The number of benzene rings is 2. The first-order valence-electron chi connectivity index (χ1n) is 9.75. The molecule has 32 heavy (non-hydrogen) atoms. The standard InChI is InChI=1S/C22H19N5O4S/c1-13(27-20(29)15-10-6-7-11-16(15)25-26-27)19(28)24-22-23-18(21(30)31-2)17(32-22)12-14-8-4-3-5-9-14/h3-11,13H,12H2,1-2H3,(H,23,24,28)/t13-/m1/s1. The first kappa shape index (κ1) is 21.3. The minimum atomic E-state index is -0.942. The third-order valence-electron chi connectivity index (χ3n) is 4.85. The van der Waals surface area contributed by atoms with E-state index in [0.29, 0.717) is 22.2 Å². The predicted molar refractivity (Wildman–Crippen MR) is 120 cm³/mol. The second-order valence-corrected chi connectivity index (χ2v) is 8.05. The molecule has 1 atom stereocenters. The molecule has 4 rings (SSSR count). The molecule has 1 N–H and O–H groups in total. The number of ether oxygens (including phenoxy) is 1. The van der Waals surface area contributed by atoms with Gasteiger partial charge in [0.15, 0.2) is 10.8 Å². The average Bonchev–Trinajstić information content (AvgIpc) is 3.21. The van der Waals surface area contributed by atoms with Crippen molar-refractivity contribution in [3.05, 3.63) is 81.1 Å². The number of anilines is 1. The Bertz CT molecular complexity index is 1350. The topological polar surface area (TPSA) is 116 Å². The summed E-state index contributed by atoms with van der Waals surface area (Å²) in [6, 6.07) is 15.4. The van der Waals surface area contributed by atoms with Crippen molar-refractivity contribution in [1.29, 1.82) is 0 Å². The lowest BCUT2D eigenvalue weighted by Gasteiger charge is -2.12. The molecule has 0 fully saturated rings. The molecule has 4 aromatic rings. The Kier molecular flexibility index (Phi) is 6.04. The van der Waals surface area contributed by atoms with Crippen LogP contribution >= 0.6 is 11.3 Å². The van der Waals surface area contributed by atoms with E-state index >= 15 is 0 Å². The molecule has 0 aliphatic carbocycles. The van der Waals surface area contributed by atoms with Gasteiger partial charge in [-0.25, -0.2) is 9.78 Å². The molecule has 0 saturated heterocycles. The molecule has 1 amide bonds. The van der Waals surface area contributed by atoms with Crippen LogP contribution in [0.2, 0.25) is 0 Å². The summed E-state index contributed by atoms with van der Waals surface area (Å²) in [5.74, 6) is -1.09. The smallest absolute Gasteiger partial charge is 0.357 e. The maximum Gasteiger partial charge on any atom is 0.357 e. The van der Waals surface area contributed by atoms with E-state index in [1.54, 1.807) is 31.2 Å². The molecule has 2 aromatic carbocycles. The number of nitrogens with zero attached hydrogens (tertiary/aromatic N) is 4. The minimum absolute atomic E-state index is 0.145. The second kappa shape index (κ2) is 9.06. The van der Waals surface area contributed by atoms with Crippen LogP contribution in [0, 0.1) is 0 Å². The van der Waals surface area contributed by atoms with Gasteiger partial charge in [0.2, 0.25) is 0 Å². The molecule has 0 radical (unpaired) electrons. The summed E-state index contributed by atoms with van der Waals surface area (Å²) in [5, 5.41) is 11.2. The van der Waals surface area contributed by atoms with E-state index in [-0.39, 0.29) is 10.8 Å². The van der Waals surface area contributed by atoms with E-state index in [2.05, 4.69) is 20.6 Å². The van der Waals surface area contributed by atoms with Crippen LogP contribution in [0.15, 0.2) is 59.4 Å². The van der Waals surface area contributed by atoms with Crippen molar-refractivity contribution in [2.24, 2.45) is 0 Å². The van der Waals surface area contributed by atoms with E-state index in [1.165, 1.54) is 18.4 Å². The van der Waals surface area contributed by atoms with E-state index in [1.807, 2.05) is 30.3 Å². The van der Waals surface area contributed by atoms with Gasteiger partial charge in [-0.05, 0) is 24.6 Å². The van der Waals surface area contributed by atoms with Gasteiger partial charge in [-0.1, -0.05) is 47.7 Å². The van der Waals surface area contributed by atoms with Gasteiger partial charge in [-0.3, -0.25) is 9.59 Å². The molecule has 10 heteroatoms. The number of esters is 1. The van der Waals surface area contributed by atoms with E-state index < -0.39 is 23.5 Å². The zero-order valence-corrected chi connectivity index (χ0v) is 18.1. The van der Waals surface area contributed by atoms with Gasteiger partial charge in [0, 0.05) is 11.3 Å². The summed E-state index contributed by atoms with van der Waals surface area (Å²) < 4.78 is 5.86. The van der Waals surface area contributed by atoms with Crippen molar-refractivity contribution in [3.63, 3.8) is 0 Å². The number of methoxy groups -OCH3 is 1. The van der Waals surface area contributed by atoms with Crippen LogP contribution in [-0.4, -0.2) is 39.0 Å². The molecular weight excluding hydrogens is 430 g/mol. The summed E-state index contributed by atoms with van der Waals surface area (Å²) in [6.07, 6.45) is 0.462. The van der Waals surface area contributed by atoms with Crippen molar-refractivity contribution in [2.75, 3.05) is 12.4 Å². The monoisotopic (exact) mass is 449 g/mol. The van der Waals surface area contributed by atoms with Gasteiger partial charge in [0.25, 0.3) is 11.5 Å². The number of nitrogens with one attached hydrogen (secondary N) is 1. The quantitative estimate of drug-likeness (QED) is 0.450. The number of aromatic nitrogens is 4.